The summed E-state index contributed by atoms with van der Waals surface area (Å²) < 4.78 is 5.13. The van der Waals surface area contributed by atoms with Crippen LogP contribution in [0.25, 0.3) is 0 Å². The molecule has 2 heterocycles. The van der Waals surface area contributed by atoms with Crippen LogP contribution in [0.5, 0.6) is 5.75 Å². The molecule has 2 aromatic rings. The largest absolute Gasteiger partial charge is 0.490 e. The van der Waals surface area contributed by atoms with Gasteiger partial charge in [0.2, 0.25) is 0 Å². The van der Waals surface area contributed by atoms with Crippen LogP contribution in [0.1, 0.15) is 10.7 Å². The van der Waals surface area contributed by atoms with Gasteiger partial charge in [0.1, 0.15) is 6.33 Å². The average molecular weight is 271 g/mol. The van der Waals surface area contributed by atoms with Crippen LogP contribution in [0.15, 0.2) is 11.7 Å². The van der Waals surface area contributed by atoms with Gasteiger partial charge in [0, 0.05) is 5.38 Å². The molecule has 0 atom stereocenters. The van der Waals surface area contributed by atoms with E-state index in [1.54, 1.807) is 11.3 Å². The topological polar surface area (TPSA) is 59.9 Å². The van der Waals surface area contributed by atoms with Gasteiger partial charge in [-0.05, 0) is 6.92 Å². The van der Waals surface area contributed by atoms with E-state index in [0.29, 0.717) is 23.3 Å². The summed E-state index contributed by atoms with van der Waals surface area (Å²) in [4.78, 5) is 12.3. The highest BCUT2D eigenvalue weighted by molar-refractivity contribution is 7.09. The van der Waals surface area contributed by atoms with Gasteiger partial charge in [0.05, 0.1) is 24.4 Å². The summed E-state index contributed by atoms with van der Waals surface area (Å²) in [5.74, 6) is 1.01. The number of anilines is 1. The first kappa shape index (κ1) is 12.1. The van der Waals surface area contributed by atoms with E-state index in [2.05, 4.69) is 20.3 Å². The maximum absolute atomic E-state index is 5.89. The molecule has 0 aromatic carbocycles. The van der Waals surface area contributed by atoms with Crippen molar-refractivity contribution in [3.05, 3.63) is 27.6 Å². The standard InChI is InChI=1S/C10H11ClN4OS/c1-6-15-7(4-17-6)3-12-10-8(16-2)9(11)13-5-14-10/h4-5H,3H2,1-2H3,(H,12,13,14). The minimum absolute atomic E-state index is 0.291. The fourth-order valence-electron chi connectivity index (χ4n) is 1.32. The van der Waals surface area contributed by atoms with Gasteiger partial charge in [-0.25, -0.2) is 15.0 Å². The fraction of sp³-hybridized carbons (Fsp3) is 0.300. The summed E-state index contributed by atoms with van der Waals surface area (Å²) in [6.07, 6.45) is 1.39. The summed E-state index contributed by atoms with van der Waals surface area (Å²) in [5.41, 5.74) is 0.962. The van der Waals surface area contributed by atoms with Gasteiger partial charge in [-0.1, -0.05) is 11.6 Å². The summed E-state index contributed by atoms with van der Waals surface area (Å²) in [6, 6.07) is 0. The van der Waals surface area contributed by atoms with Gasteiger partial charge < -0.3 is 10.1 Å². The molecule has 2 aromatic heterocycles. The van der Waals surface area contributed by atoms with Crippen LogP contribution < -0.4 is 10.1 Å². The summed E-state index contributed by atoms with van der Waals surface area (Å²) in [7, 11) is 1.53. The lowest BCUT2D eigenvalue weighted by Gasteiger charge is -2.09. The van der Waals surface area contributed by atoms with E-state index in [-0.39, 0.29) is 0 Å². The molecule has 0 saturated carbocycles. The van der Waals surface area contributed by atoms with E-state index in [1.807, 2.05) is 12.3 Å². The molecule has 90 valence electrons. The Labute approximate surface area is 108 Å². The number of halogens is 1. The van der Waals surface area contributed by atoms with Gasteiger partial charge >= 0.3 is 0 Å². The predicted octanol–water partition coefficient (Wildman–Crippen LogP) is 2.52. The number of nitrogens with zero attached hydrogens (tertiary/aromatic N) is 3. The Balaban J connectivity index is 2.11. The number of methoxy groups -OCH3 is 1. The van der Waals surface area contributed by atoms with Crippen molar-refractivity contribution in [2.24, 2.45) is 0 Å². The number of thiazole rings is 1. The summed E-state index contributed by atoms with van der Waals surface area (Å²) in [6.45, 7) is 2.55. The SMILES string of the molecule is COc1c(Cl)ncnc1NCc1csc(C)n1. The van der Waals surface area contributed by atoms with Crippen LogP contribution in [0.4, 0.5) is 5.82 Å². The highest BCUT2D eigenvalue weighted by Gasteiger charge is 2.10. The van der Waals surface area contributed by atoms with Gasteiger partial charge in [-0.3, -0.25) is 0 Å². The number of hydrogen-bond acceptors (Lipinski definition) is 6. The van der Waals surface area contributed by atoms with Crippen molar-refractivity contribution in [1.82, 2.24) is 15.0 Å². The van der Waals surface area contributed by atoms with E-state index in [4.69, 9.17) is 16.3 Å². The molecule has 0 amide bonds. The average Bonchev–Trinajstić information content (AvgIpc) is 2.72. The summed E-state index contributed by atoms with van der Waals surface area (Å²) in [5, 5.41) is 6.44. The molecule has 1 N–H and O–H groups in total. The number of nitrogens with one attached hydrogen (secondary N) is 1. The van der Waals surface area contributed by atoms with E-state index in [9.17, 15) is 0 Å². The van der Waals surface area contributed by atoms with E-state index in [1.165, 1.54) is 13.4 Å². The number of rotatable bonds is 4. The first-order chi connectivity index (χ1) is 8.20. The van der Waals surface area contributed by atoms with Gasteiger partial charge in [-0.2, -0.15) is 0 Å². The Hall–Kier alpha value is -1.40. The molecule has 17 heavy (non-hydrogen) atoms. The smallest absolute Gasteiger partial charge is 0.198 e. The molecule has 0 aliphatic carbocycles. The van der Waals surface area contributed by atoms with Crippen molar-refractivity contribution in [2.45, 2.75) is 13.5 Å². The Kier molecular flexibility index (Phi) is 3.75. The van der Waals surface area contributed by atoms with Crippen LogP contribution in [-0.2, 0) is 6.54 Å². The predicted molar refractivity (Wildman–Crippen MR) is 67.8 cm³/mol. The third-order valence-electron chi connectivity index (χ3n) is 2.07. The highest BCUT2D eigenvalue weighted by Crippen LogP contribution is 2.28. The fourth-order valence-corrected chi connectivity index (χ4v) is 2.15. The molecular weight excluding hydrogens is 260 g/mol. The Morgan fingerprint density at radius 1 is 1.47 bits per heavy atom. The van der Waals surface area contributed by atoms with Gasteiger partial charge in [0.15, 0.2) is 16.7 Å². The van der Waals surface area contributed by atoms with Gasteiger partial charge in [0.25, 0.3) is 0 Å². The van der Waals surface area contributed by atoms with Crippen LogP contribution in [-0.4, -0.2) is 22.1 Å². The quantitative estimate of drug-likeness (QED) is 0.865. The van der Waals surface area contributed by atoms with Crippen molar-refractivity contribution in [1.29, 1.82) is 0 Å². The Morgan fingerprint density at radius 3 is 2.94 bits per heavy atom. The minimum Gasteiger partial charge on any atom is -0.490 e. The van der Waals surface area contributed by atoms with Crippen LogP contribution in [0, 0.1) is 6.92 Å². The maximum atomic E-state index is 5.89. The second-order valence-electron chi connectivity index (χ2n) is 3.26. The molecule has 0 spiro atoms. The number of aromatic nitrogens is 3. The van der Waals surface area contributed by atoms with Crippen molar-refractivity contribution >= 4 is 28.8 Å². The zero-order chi connectivity index (χ0) is 12.3. The maximum Gasteiger partial charge on any atom is 0.198 e. The second-order valence-corrected chi connectivity index (χ2v) is 4.68. The lowest BCUT2D eigenvalue weighted by atomic mass is 10.4. The first-order valence-corrected chi connectivity index (χ1v) is 6.16. The van der Waals surface area contributed by atoms with Crippen molar-refractivity contribution in [2.75, 3.05) is 12.4 Å². The molecule has 2 rings (SSSR count). The van der Waals surface area contributed by atoms with E-state index >= 15 is 0 Å². The zero-order valence-corrected chi connectivity index (χ0v) is 11.0. The van der Waals surface area contributed by atoms with Crippen LogP contribution in [0.2, 0.25) is 5.15 Å². The minimum atomic E-state index is 0.291. The number of aryl methyl sites for hydroxylation is 1. The Bertz CT molecular complexity index is 517. The normalized spacial score (nSPS) is 10.3. The molecule has 0 radical (unpaired) electrons. The third kappa shape index (κ3) is 2.83. The molecule has 0 saturated heterocycles. The monoisotopic (exact) mass is 270 g/mol. The number of hydrogen-bond donors (Lipinski definition) is 1. The molecular formula is C10H11ClN4OS. The van der Waals surface area contributed by atoms with Crippen LogP contribution in [0.3, 0.4) is 0 Å². The zero-order valence-electron chi connectivity index (χ0n) is 9.40. The molecule has 0 aliphatic heterocycles. The molecule has 0 unspecified atom stereocenters. The van der Waals surface area contributed by atoms with Gasteiger partial charge in [-0.15, -0.1) is 11.3 Å². The molecule has 0 fully saturated rings. The summed E-state index contributed by atoms with van der Waals surface area (Å²) >= 11 is 7.50. The van der Waals surface area contributed by atoms with Crippen molar-refractivity contribution in [3.63, 3.8) is 0 Å². The second kappa shape index (κ2) is 5.29. The number of ether oxygens (including phenoxy) is 1. The molecule has 0 bridgehead atoms. The lowest BCUT2D eigenvalue weighted by molar-refractivity contribution is 0.413. The van der Waals surface area contributed by atoms with Crippen LogP contribution >= 0.6 is 22.9 Å². The highest BCUT2D eigenvalue weighted by atomic mass is 35.5. The van der Waals surface area contributed by atoms with Crippen molar-refractivity contribution in [3.8, 4) is 5.75 Å². The molecule has 5 nitrogen and oxygen atoms in total. The molecule has 0 aliphatic rings. The third-order valence-corrected chi connectivity index (χ3v) is 3.16. The van der Waals surface area contributed by atoms with E-state index < -0.39 is 0 Å². The Morgan fingerprint density at radius 2 is 2.29 bits per heavy atom. The lowest BCUT2D eigenvalue weighted by Crippen LogP contribution is -2.04. The first-order valence-electron chi connectivity index (χ1n) is 4.90. The molecule has 7 heteroatoms. The van der Waals surface area contributed by atoms with Crippen molar-refractivity contribution < 1.29 is 4.74 Å². The van der Waals surface area contributed by atoms with E-state index in [0.717, 1.165) is 10.7 Å².